The maximum Gasteiger partial charge on any atom is 0.329 e. The Morgan fingerprint density at radius 2 is 1.67 bits per heavy atom. The standard InChI is InChI=1S/C10H15F5O3/c11-3-1-2-6(12)9(14)10(15)7(13)4-18-5-8(16)17/h6-7,9-10H,1-5H2,(H,16,17). The van der Waals surface area contributed by atoms with Gasteiger partial charge in [0, 0.05) is 0 Å². The summed E-state index contributed by atoms with van der Waals surface area (Å²) in [5.74, 6) is -1.39. The van der Waals surface area contributed by atoms with Crippen molar-refractivity contribution in [1.29, 1.82) is 0 Å². The minimum absolute atomic E-state index is 0.277. The molecular formula is C10H15F5O3. The first-order valence-corrected chi connectivity index (χ1v) is 5.32. The second-order valence-corrected chi connectivity index (χ2v) is 3.66. The maximum absolute atomic E-state index is 13.1. The Labute approximate surface area is 101 Å². The lowest BCUT2D eigenvalue weighted by molar-refractivity contribution is -0.143. The number of rotatable bonds is 10. The summed E-state index contributed by atoms with van der Waals surface area (Å²) in [6.45, 7) is -2.71. The van der Waals surface area contributed by atoms with Crippen LogP contribution in [-0.4, -0.2) is 55.7 Å². The Kier molecular flexibility index (Phi) is 8.61. The van der Waals surface area contributed by atoms with E-state index in [1.165, 1.54) is 0 Å². The molecule has 0 aliphatic carbocycles. The molecule has 8 heteroatoms. The third-order valence-electron chi connectivity index (χ3n) is 2.11. The Bertz CT molecular complexity index is 242. The van der Waals surface area contributed by atoms with Crippen molar-refractivity contribution in [3.63, 3.8) is 0 Å². The molecule has 108 valence electrons. The predicted molar refractivity (Wildman–Crippen MR) is 53.2 cm³/mol. The Morgan fingerprint density at radius 3 is 2.17 bits per heavy atom. The summed E-state index contributed by atoms with van der Waals surface area (Å²) in [6, 6.07) is 0. The van der Waals surface area contributed by atoms with Crippen LogP contribution in [0.4, 0.5) is 22.0 Å². The molecule has 0 aromatic carbocycles. The van der Waals surface area contributed by atoms with Gasteiger partial charge in [-0.3, -0.25) is 4.39 Å². The highest BCUT2D eigenvalue weighted by Crippen LogP contribution is 2.20. The molecule has 0 radical (unpaired) electrons. The van der Waals surface area contributed by atoms with Crippen LogP contribution in [0.2, 0.25) is 0 Å². The summed E-state index contributed by atoms with van der Waals surface area (Å²) >= 11 is 0. The van der Waals surface area contributed by atoms with E-state index in [0.29, 0.717) is 0 Å². The minimum atomic E-state index is -2.77. The lowest BCUT2D eigenvalue weighted by atomic mass is 10.0. The van der Waals surface area contributed by atoms with Crippen LogP contribution in [0.3, 0.4) is 0 Å². The fourth-order valence-electron chi connectivity index (χ4n) is 1.18. The minimum Gasteiger partial charge on any atom is -0.480 e. The Morgan fingerprint density at radius 1 is 1.11 bits per heavy atom. The molecule has 0 amide bonds. The van der Waals surface area contributed by atoms with Crippen molar-refractivity contribution >= 4 is 5.97 Å². The highest BCUT2D eigenvalue weighted by atomic mass is 19.2. The van der Waals surface area contributed by atoms with Gasteiger partial charge in [0.2, 0.25) is 0 Å². The quantitative estimate of drug-likeness (QED) is 0.623. The summed E-state index contributed by atoms with van der Waals surface area (Å²) in [5, 5.41) is 8.15. The third-order valence-corrected chi connectivity index (χ3v) is 2.11. The van der Waals surface area contributed by atoms with Crippen molar-refractivity contribution < 1.29 is 36.6 Å². The number of hydrogen-bond acceptors (Lipinski definition) is 2. The summed E-state index contributed by atoms with van der Waals surface area (Å²) < 4.78 is 68.0. The van der Waals surface area contributed by atoms with Crippen molar-refractivity contribution in [3.8, 4) is 0 Å². The molecule has 0 saturated heterocycles. The van der Waals surface area contributed by atoms with Gasteiger partial charge in [0.1, 0.15) is 12.8 Å². The molecule has 0 aromatic rings. The van der Waals surface area contributed by atoms with Crippen LogP contribution in [-0.2, 0) is 9.53 Å². The number of alkyl halides is 5. The van der Waals surface area contributed by atoms with Crippen molar-refractivity contribution in [2.45, 2.75) is 37.5 Å². The summed E-state index contributed by atoms with van der Waals surface area (Å²) in [4.78, 5) is 10.0. The summed E-state index contributed by atoms with van der Waals surface area (Å²) in [7, 11) is 0. The first-order chi connectivity index (χ1) is 8.40. The number of aliphatic carboxylic acids is 1. The fourth-order valence-corrected chi connectivity index (χ4v) is 1.18. The zero-order valence-electron chi connectivity index (χ0n) is 9.50. The lowest BCUT2D eigenvalue weighted by Crippen LogP contribution is -2.37. The van der Waals surface area contributed by atoms with E-state index >= 15 is 0 Å². The van der Waals surface area contributed by atoms with Crippen molar-refractivity contribution in [1.82, 2.24) is 0 Å². The van der Waals surface area contributed by atoms with E-state index in [0.717, 1.165) is 0 Å². The van der Waals surface area contributed by atoms with Crippen LogP contribution in [0.1, 0.15) is 12.8 Å². The van der Waals surface area contributed by atoms with Gasteiger partial charge in [-0.25, -0.2) is 22.4 Å². The molecule has 0 spiro atoms. The largest absolute Gasteiger partial charge is 0.480 e. The molecule has 4 atom stereocenters. The molecule has 18 heavy (non-hydrogen) atoms. The van der Waals surface area contributed by atoms with Gasteiger partial charge in [-0.05, 0) is 12.8 Å². The summed E-state index contributed by atoms with van der Waals surface area (Å²) in [6.07, 6.45) is -11.1. The van der Waals surface area contributed by atoms with E-state index < -0.39 is 57.0 Å². The molecule has 0 bridgehead atoms. The Hall–Kier alpha value is -0.920. The molecule has 0 fully saturated rings. The first kappa shape index (κ1) is 17.1. The van der Waals surface area contributed by atoms with Gasteiger partial charge in [-0.2, -0.15) is 0 Å². The molecule has 0 aliphatic rings. The molecular weight excluding hydrogens is 263 g/mol. The summed E-state index contributed by atoms with van der Waals surface area (Å²) in [5.41, 5.74) is 0. The topological polar surface area (TPSA) is 46.5 Å². The first-order valence-electron chi connectivity index (χ1n) is 5.32. The number of carbonyl (C=O) groups is 1. The van der Waals surface area contributed by atoms with Crippen LogP contribution in [0.15, 0.2) is 0 Å². The SMILES string of the molecule is O=C(O)COCC(F)C(F)C(F)C(F)CCCF. The molecule has 0 aliphatic heterocycles. The van der Waals surface area contributed by atoms with Gasteiger partial charge < -0.3 is 9.84 Å². The molecule has 0 rings (SSSR count). The monoisotopic (exact) mass is 278 g/mol. The van der Waals surface area contributed by atoms with Gasteiger partial charge in [0.05, 0.1) is 13.3 Å². The van der Waals surface area contributed by atoms with Crippen LogP contribution in [0.5, 0.6) is 0 Å². The molecule has 3 nitrogen and oxygen atoms in total. The van der Waals surface area contributed by atoms with Crippen LogP contribution in [0.25, 0.3) is 0 Å². The predicted octanol–water partition coefficient (Wildman–Crippen LogP) is 2.19. The van der Waals surface area contributed by atoms with E-state index in [-0.39, 0.29) is 6.42 Å². The van der Waals surface area contributed by atoms with Crippen molar-refractivity contribution in [2.24, 2.45) is 0 Å². The fraction of sp³-hybridized carbons (Fsp3) is 0.900. The van der Waals surface area contributed by atoms with Crippen LogP contribution in [0, 0.1) is 0 Å². The normalized spacial score (nSPS) is 18.1. The number of ether oxygens (including phenoxy) is 1. The highest BCUT2D eigenvalue weighted by Gasteiger charge is 2.35. The lowest BCUT2D eigenvalue weighted by Gasteiger charge is -2.20. The molecule has 1 N–H and O–H groups in total. The molecule has 0 aromatic heterocycles. The maximum atomic E-state index is 13.1. The van der Waals surface area contributed by atoms with E-state index in [2.05, 4.69) is 4.74 Å². The molecule has 0 saturated carbocycles. The van der Waals surface area contributed by atoms with Gasteiger partial charge >= 0.3 is 5.97 Å². The second-order valence-electron chi connectivity index (χ2n) is 3.66. The van der Waals surface area contributed by atoms with Crippen molar-refractivity contribution in [3.05, 3.63) is 0 Å². The van der Waals surface area contributed by atoms with E-state index in [9.17, 15) is 26.7 Å². The van der Waals surface area contributed by atoms with E-state index in [4.69, 9.17) is 5.11 Å². The Balaban J connectivity index is 4.02. The van der Waals surface area contributed by atoms with E-state index in [1.54, 1.807) is 0 Å². The number of carboxylic acid groups (broad SMARTS) is 1. The highest BCUT2D eigenvalue weighted by molar-refractivity contribution is 5.67. The number of hydrogen-bond donors (Lipinski definition) is 1. The average molecular weight is 278 g/mol. The van der Waals surface area contributed by atoms with Gasteiger partial charge in [-0.15, -0.1) is 0 Å². The molecule has 4 unspecified atom stereocenters. The molecule has 0 heterocycles. The van der Waals surface area contributed by atoms with Crippen molar-refractivity contribution in [2.75, 3.05) is 19.9 Å². The zero-order valence-corrected chi connectivity index (χ0v) is 9.50. The third kappa shape index (κ3) is 6.73. The second kappa shape index (κ2) is 9.07. The van der Waals surface area contributed by atoms with Crippen LogP contribution < -0.4 is 0 Å². The zero-order chi connectivity index (χ0) is 14.1. The number of halogens is 5. The van der Waals surface area contributed by atoms with Gasteiger partial charge in [0.25, 0.3) is 0 Å². The van der Waals surface area contributed by atoms with Gasteiger partial charge in [0.15, 0.2) is 18.5 Å². The van der Waals surface area contributed by atoms with Gasteiger partial charge in [-0.1, -0.05) is 0 Å². The number of carboxylic acids is 1. The van der Waals surface area contributed by atoms with Crippen LogP contribution >= 0.6 is 0 Å². The average Bonchev–Trinajstić information content (AvgIpc) is 2.33. The smallest absolute Gasteiger partial charge is 0.329 e. The van der Waals surface area contributed by atoms with E-state index in [1.807, 2.05) is 0 Å².